The molecule has 0 saturated carbocycles. The highest BCUT2D eigenvalue weighted by atomic mass is 16.5. The van der Waals surface area contributed by atoms with Gasteiger partial charge in [-0.2, -0.15) is 0 Å². The van der Waals surface area contributed by atoms with Gasteiger partial charge >= 0.3 is 5.97 Å². The third kappa shape index (κ3) is 4.75. The van der Waals surface area contributed by atoms with Crippen molar-refractivity contribution < 1.29 is 19.4 Å². The number of unbranched alkanes of at least 4 members (excludes halogenated alkanes) is 1. The Bertz CT molecular complexity index is 376. The second-order valence-corrected chi connectivity index (χ2v) is 4.11. The fourth-order valence-corrected chi connectivity index (χ4v) is 1.60. The van der Waals surface area contributed by atoms with Crippen LogP contribution in [0.4, 0.5) is 0 Å². The van der Waals surface area contributed by atoms with Crippen molar-refractivity contribution in [1.82, 2.24) is 0 Å². The normalized spacial score (nSPS) is 12.1. The van der Waals surface area contributed by atoms with Crippen LogP contribution in [-0.2, 0) is 16.0 Å². The van der Waals surface area contributed by atoms with Gasteiger partial charge in [-0.3, -0.25) is 0 Å². The molecule has 0 aliphatic rings. The summed E-state index contributed by atoms with van der Waals surface area (Å²) in [5, 5.41) is 9.10. The first-order valence-corrected chi connectivity index (χ1v) is 6.14. The molecule has 1 unspecified atom stereocenters. The highest BCUT2D eigenvalue weighted by Gasteiger charge is 2.18. The Morgan fingerprint density at radius 1 is 1.44 bits per heavy atom. The maximum atomic E-state index is 11.1. The zero-order chi connectivity index (χ0) is 13.4. The monoisotopic (exact) mass is 252 g/mol. The number of aliphatic carboxylic acids is 1. The van der Waals surface area contributed by atoms with Crippen LogP contribution in [-0.4, -0.2) is 30.9 Å². The number of hydrogen-bond donors (Lipinski definition) is 1. The first kappa shape index (κ1) is 14.5. The first-order valence-electron chi connectivity index (χ1n) is 6.14. The van der Waals surface area contributed by atoms with Gasteiger partial charge in [0.2, 0.25) is 0 Å². The molecule has 1 aromatic rings. The maximum Gasteiger partial charge on any atom is 0.333 e. The van der Waals surface area contributed by atoms with Crippen LogP contribution in [0.3, 0.4) is 0 Å². The molecule has 0 saturated heterocycles. The quantitative estimate of drug-likeness (QED) is 0.722. The number of benzene rings is 1. The largest absolute Gasteiger partial charge is 0.497 e. The van der Waals surface area contributed by atoms with E-state index in [9.17, 15) is 4.79 Å². The highest BCUT2D eigenvalue weighted by molar-refractivity contribution is 5.72. The van der Waals surface area contributed by atoms with Crippen LogP contribution in [0.2, 0.25) is 0 Å². The summed E-state index contributed by atoms with van der Waals surface area (Å²) in [5.41, 5.74) is 0.901. The van der Waals surface area contributed by atoms with Gasteiger partial charge in [-0.15, -0.1) is 0 Å². The van der Waals surface area contributed by atoms with E-state index in [1.54, 1.807) is 7.11 Å². The van der Waals surface area contributed by atoms with Gasteiger partial charge in [0.15, 0.2) is 6.10 Å². The van der Waals surface area contributed by atoms with E-state index in [-0.39, 0.29) is 0 Å². The van der Waals surface area contributed by atoms with E-state index in [1.807, 2.05) is 31.2 Å². The fourth-order valence-electron chi connectivity index (χ4n) is 1.60. The molecule has 4 heteroatoms. The third-order valence-corrected chi connectivity index (χ3v) is 2.65. The van der Waals surface area contributed by atoms with Gasteiger partial charge in [-0.25, -0.2) is 4.79 Å². The van der Waals surface area contributed by atoms with E-state index in [0.717, 1.165) is 24.2 Å². The van der Waals surface area contributed by atoms with Crippen LogP contribution in [0.5, 0.6) is 5.75 Å². The second-order valence-electron chi connectivity index (χ2n) is 4.11. The Kier molecular flexibility index (Phi) is 6.22. The van der Waals surface area contributed by atoms with Crippen LogP contribution in [0.15, 0.2) is 24.3 Å². The van der Waals surface area contributed by atoms with Gasteiger partial charge in [0.1, 0.15) is 5.75 Å². The first-order chi connectivity index (χ1) is 8.67. The molecule has 0 radical (unpaired) electrons. The van der Waals surface area contributed by atoms with E-state index in [1.165, 1.54) is 0 Å². The summed E-state index contributed by atoms with van der Waals surface area (Å²) in [7, 11) is 1.59. The molecule has 1 atom stereocenters. The van der Waals surface area contributed by atoms with E-state index in [2.05, 4.69) is 0 Å². The number of methoxy groups -OCH3 is 1. The van der Waals surface area contributed by atoms with Gasteiger partial charge in [0, 0.05) is 13.0 Å². The lowest BCUT2D eigenvalue weighted by Crippen LogP contribution is -2.26. The van der Waals surface area contributed by atoms with E-state index in [4.69, 9.17) is 14.6 Å². The molecule has 0 spiro atoms. The summed E-state index contributed by atoms with van der Waals surface area (Å²) >= 11 is 0. The lowest BCUT2D eigenvalue weighted by Gasteiger charge is -2.14. The predicted molar refractivity (Wildman–Crippen MR) is 69.0 cm³/mol. The Balaban J connectivity index is 2.61. The van der Waals surface area contributed by atoms with Crippen LogP contribution >= 0.6 is 0 Å². The molecular weight excluding hydrogens is 232 g/mol. The molecule has 1 rings (SSSR count). The highest BCUT2D eigenvalue weighted by Crippen LogP contribution is 2.15. The third-order valence-electron chi connectivity index (χ3n) is 2.65. The molecule has 100 valence electrons. The minimum Gasteiger partial charge on any atom is -0.497 e. The molecular formula is C14H20O4. The van der Waals surface area contributed by atoms with Gasteiger partial charge in [0.25, 0.3) is 0 Å². The molecule has 0 fully saturated rings. The number of hydrogen-bond acceptors (Lipinski definition) is 3. The van der Waals surface area contributed by atoms with Crippen molar-refractivity contribution in [3.05, 3.63) is 29.8 Å². The summed E-state index contributed by atoms with van der Waals surface area (Å²) < 4.78 is 10.5. The minimum absolute atomic E-state index is 0.357. The van der Waals surface area contributed by atoms with Crippen molar-refractivity contribution in [3.8, 4) is 5.75 Å². The number of rotatable bonds is 8. The Labute approximate surface area is 108 Å². The van der Waals surface area contributed by atoms with E-state index >= 15 is 0 Å². The van der Waals surface area contributed by atoms with E-state index in [0.29, 0.717) is 13.0 Å². The summed E-state index contributed by atoms with van der Waals surface area (Å²) in [5.74, 6) is -0.195. The molecule has 0 aliphatic heterocycles. The van der Waals surface area contributed by atoms with Crippen molar-refractivity contribution >= 4 is 5.97 Å². The Morgan fingerprint density at radius 2 is 2.22 bits per heavy atom. The minimum atomic E-state index is -0.922. The van der Waals surface area contributed by atoms with Crippen LogP contribution in [0, 0.1) is 0 Å². The molecule has 0 amide bonds. The summed E-state index contributed by atoms with van der Waals surface area (Å²) in [6.45, 7) is 2.53. The smallest absolute Gasteiger partial charge is 0.333 e. The van der Waals surface area contributed by atoms with Crippen molar-refractivity contribution in [3.63, 3.8) is 0 Å². The van der Waals surface area contributed by atoms with Crippen molar-refractivity contribution in [2.45, 2.75) is 32.3 Å². The molecule has 1 N–H and O–H groups in total. The molecule has 0 heterocycles. The predicted octanol–water partition coefficient (Wildman–Crippen LogP) is 2.51. The van der Waals surface area contributed by atoms with Crippen molar-refractivity contribution in [2.75, 3.05) is 13.7 Å². The fraction of sp³-hybridized carbons (Fsp3) is 0.500. The van der Waals surface area contributed by atoms with E-state index < -0.39 is 12.1 Å². The van der Waals surface area contributed by atoms with Gasteiger partial charge < -0.3 is 14.6 Å². The maximum absolute atomic E-state index is 11.1. The summed E-state index contributed by atoms with van der Waals surface area (Å²) in [4.78, 5) is 11.1. The number of carboxylic acid groups (broad SMARTS) is 1. The lowest BCUT2D eigenvalue weighted by atomic mass is 10.1. The Morgan fingerprint density at radius 3 is 2.83 bits per heavy atom. The SMILES string of the molecule is CCCCOC(Cc1cccc(OC)c1)C(=O)O. The van der Waals surface area contributed by atoms with Crippen LogP contribution in [0.1, 0.15) is 25.3 Å². The van der Waals surface area contributed by atoms with Crippen LogP contribution in [0.25, 0.3) is 0 Å². The number of carboxylic acids is 1. The molecule has 0 aliphatic carbocycles. The molecule has 4 nitrogen and oxygen atoms in total. The topological polar surface area (TPSA) is 55.8 Å². The zero-order valence-electron chi connectivity index (χ0n) is 10.9. The van der Waals surface area contributed by atoms with Crippen molar-refractivity contribution in [1.29, 1.82) is 0 Å². The standard InChI is InChI=1S/C14H20O4/c1-3-4-8-18-13(14(15)16)10-11-6-5-7-12(9-11)17-2/h5-7,9,13H,3-4,8,10H2,1-2H3,(H,15,16). The molecule has 18 heavy (non-hydrogen) atoms. The van der Waals surface area contributed by atoms with Crippen LogP contribution < -0.4 is 4.74 Å². The number of ether oxygens (including phenoxy) is 2. The van der Waals surface area contributed by atoms with Gasteiger partial charge in [-0.1, -0.05) is 25.5 Å². The molecule has 0 aromatic heterocycles. The average Bonchev–Trinajstić information content (AvgIpc) is 2.38. The summed E-state index contributed by atoms with van der Waals surface area (Å²) in [6.07, 6.45) is 1.44. The van der Waals surface area contributed by atoms with Gasteiger partial charge in [0.05, 0.1) is 7.11 Å². The van der Waals surface area contributed by atoms with Gasteiger partial charge in [-0.05, 0) is 24.1 Å². The number of carbonyl (C=O) groups is 1. The van der Waals surface area contributed by atoms with Crippen molar-refractivity contribution in [2.24, 2.45) is 0 Å². The lowest BCUT2D eigenvalue weighted by molar-refractivity contribution is -0.150. The Hall–Kier alpha value is -1.55. The summed E-state index contributed by atoms with van der Waals surface area (Å²) in [6, 6.07) is 7.39. The average molecular weight is 252 g/mol. The zero-order valence-corrected chi connectivity index (χ0v) is 10.9. The second kappa shape index (κ2) is 7.71. The molecule has 1 aromatic carbocycles. The molecule has 0 bridgehead atoms.